The maximum absolute atomic E-state index is 11.3. The number of nitrogens with two attached hydrogens (primary N) is 1. The molecule has 0 heterocycles. The summed E-state index contributed by atoms with van der Waals surface area (Å²) in [5, 5.41) is 0. The first-order valence-corrected chi connectivity index (χ1v) is 4.56. The first kappa shape index (κ1) is 12.9. The van der Waals surface area contributed by atoms with Crippen molar-refractivity contribution in [3.05, 3.63) is 0 Å². The predicted molar refractivity (Wildman–Crippen MR) is 52.5 cm³/mol. The van der Waals surface area contributed by atoms with Crippen molar-refractivity contribution in [1.29, 1.82) is 0 Å². The van der Waals surface area contributed by atoms with E-state index >= 15 is 0 Å². The molecule has 1 amide bonds. The molecule has 5 nitrogen and oxygen atoms in total. The maximum atomic E-state index is 11.3. The van der Waals surface area contributed by atoms with Crippen LogP contribution in [0, 0.1) is 0 Å². The lowest BCUT2D eigenvalue weighted by Crippen LogP contribution is -2.40. The molecule has 0 aliphatic carbocycles. The van der Waals surface area contributed by atoms with Gasteiger partial charge in [-0.05, 0) is 13.3 Å². The molecule has 82 valence electrons. The predicted octanol–water partition coefficient (Wildman–Crippen LogP) is -0.255. The fourth-order valence-corrected chi connectivity index (χ4v) is 1.02. The Labute approximate surface area is 84.2 Å². The number of rotatable bonds is 5. The average Bonchev–Trinajstić information content (AvgIpc) is 2.15. The van der Waals surface area contributed by atoms with Crippen molar-refractivity contribution in [2.75, 3.05) is 20.7 Å². The molecule has 0 aromatic heterocycles. The Bertz CT molecular complexity index is 204. The molecule has 0 spiro atoms. The topological polar surface area (TPSA) is 72.6 Å². The van der Waals surface area contributed by atoms with Crippen molar-refractivity contribution in [3.63, 3.8) is 0 Å². The van der Waals surface area contributed by atoms with E-state index in [0.29, 0.717) is 19.4 Å². The second kappa shape index (κ2) is 6.37. The summed E-state index contributed by atoms with van der Waals surface area (Å²) in [6.07, 6.45) is 0.925. The Morgan fingerprint density at radius 2 is 2.07 bits per heavy atom. The highest BCUT2D eigenvalue weighted by atomic mass is 16.5. The van der Waals surface area contributed by atoms with Gasteiger partial charge in [-0.2, -0.15) is 0 Å². The van der Waals surface area contributed by atoms with Crippen LogP contribution in [0.2, 0.25) is 0 Å². The Morgan fingerprint density at radius 1 is 1.50 bits per heavy atom. The number of hydrogen-bond donors (Lipinski definition) is 1. The van der Waals surface area contributed by atoms with Gasteiger partial charge in [-0.3, -0.25) is 9.59 Å². The van der Waals surface area contributed by atoms with Crippen molar-refractivity contribution in [2.24, 2.45) is 5.73 Å². The summed E-state index contributed by atoms with van der Waals surface area (Å²) in [7, 11) is 3.02. The van der Waals surface area contributed by atoms with Crippen molar-refractivity contribution in [3.8, 4) is 0 Å². The average molecular weight is 202 g/mol. The largest absolute Gasteiger partial charge is 0.469 e. The second-order valence-corrected chi connectivity index (χ2v) is 3.23. The van der Waals surface area contributed by atoms with E-state index in [-0.39, 0.29) is 11.9 Å². The summed E-state index contributed by atoms with van der Waals surface area (Å²) < 4.78 is 4.47. The van der Waals surface area contributed by atoms with Gasteiger partial charge in [-0.15, -0.1) is 0 Å². The summed E-state index contributed by atoms with van der Waals surface area (Å²) in [6.45, 7) is 2.16. The highest BCUT2D eigenvalue weighted by Gasteiger charge is 2.13. The Hall–Kier alpha value is -1.10. The molecule has 2 N–H and O–H groups in total. The van der Waals surface area contributed by atoms with Gasteiger partial charge in [0, 0.05) is 20.0 Å². The first-order valence-electron chi connectivity index (χ1n) is 4.56. The van der Waals surface area contributed by atoms with Crippen LogP contribution in [0.3, 0.4) is 0 Å². The summed E-state index contributed by atoms with van der Waals surface area (Å²) in [6, 6.07) is -0.488. The van der Waals surface area contributed by atoms with E-state index in [4.69, 9.17) is 5.73 Å². The molecule has 0 aliphatic heterocycles. The van der Waals surface area contributed by atoms with Gasteiger partial charge in [0.1, 0.15) is 0 Å². The lowest BCUT2D eigenvalue weighted by molar-refractivity contribution is -0.141. The minimum absolute atomic E-state index is 0.116. The molecule has 0 unspecified atom stereocenters. The fraction of sp³-hybridized carbons (Fsp3) is 0.778. The zero-order valence-corrected chi connectivity index (χ0v) is 8.95. The van der Waals surface area contributed by atoms with Gasteiger partial charge in [0.25, 0.3) is 0 Å². The summed E-state index contributed by atoms with van der Waals surface area (Å²) >= 11 is 0. The normalized spacial score (nSPS) is 12.0. The van der Waals surface area contributed by atoms with E-state index in [1.165, 1.54) is 12.0 Å². The third-order valence-corrected chi connectivity index (χ3v) is 1.87. The maximum Gasteiger partial charge on any atom is 0.305 e. The highest BCUT2D eigenvalue weighted by molar-refractivity contribution is 5.80. The number of hydrogen-bond acceptors (Lipinski definition) is 4. The standard InChI is InChI=1S/C9H18N2O3/c1-7(10)9(13)11(2)6-4-5-8(12)14-3/h7H,4-6,10H2,1-3H3/t7-/m1/s1. The SMILES string of the molecule is COC(=O)CCCN(C)C(=O)[C@@H](C)N. The van der Waals surface area contributed by atoms with E-state index < -0.39 is 6.04 Å². The van der Waals surface area contributed by atoms with Gasteiger partial charge in [-0.1, -0.05) is 0 Å². The minimum Gasteiger partial charge on any atom is -0.469 e. The quantitative estimate of drug-likeness (QED) is 0.624. The number of esters is 1. The van der Waals surface area contributed by atoms with Crippen LogP contribution in [0.4, 0.5) is 0 Å². The first-order chi connectivity index (χ1) is 6.49. The molecule has 14 heavy (non-hydrogen) atoms. The molecule has 0 bridgehead atoms. The summed E-state index contributed by atoms with van der Waals surface area (Å²) in [5.74, 6) is -0.374. The second-order valence-electron chi connectivity index (χ2n) is 3.23. The zero-order valence-electron chi connectivity index (χ0n) is 8.95. The van der Waals surface area contributed by atoms with E-state index in [1.54, 1.807) is 14.0 Å². The van der Waals surface area contributed by atoms with Crippen molar-refractivity contribution >= 4 is 11.9 Å². The van der Waals surface area contributed by atoms with Gasteiger partial charge < -0.3 is 15.4 Å². The van der Waals surface area contributed by atoms with Gasteiger partial charge in [-0.25, -0.2) is 0 Å². The molecule has 0 aromatic rings. The van der Waals surface area contributed by atoms with E-state index in [9.17, 15) is 9.59 Å². The van der Waals surface area contributed by atoms with Crippen LogP contribution in [-0.4, -0.2) is 43.5 Å². The number of amides is 1. The lowest BCUT2D eigenvalue weighted by atomic mass is 10.2. The van der Waals surface area contributed by atoms with Gasteiger partial charge in [0.15, 0.2) is 0 Å². The Morgan fingerprint density at radius 3 is 2.50 bits per heavy atom. The van der Waals surface area contributed by atoms with Crippen LogP contribution in [0.15, 0.2) is 0 Å². The number of carbonyl (C=O) groups excluding carboxylic acids is 2. The number of methoxy groups -OCH3 is 1. The van der Waals surface area contributed by atoms with Gasteiger partial charge >= 0.3 is 5.97 Å². The molecule has 1 atom stereocenters. The fourth-order valence-electron chi connectivity index (χ4n) is 1.02. The zero-order chi connectivity index (χ0) is 11.1. The van der Waals surface area contributed by atoms with Crippen LogP contribution >= 0.6 is 0 Å². The molecule has 0 saturated carbocycles. The van der Waals surface area contributed by atoms with E-state index in [2.05, 4.69) is 4.74 Å². The Balaban J connectivity index is 3.69. The van der Waals surface area contributed by atoms with Gasteiger partial charge in [0.2, 0.25) is 5.91 Å². The number of likely N-dealkylation sites (N-methyl/N-ethyl adjacent to an activating group) is 1. The number of ether oxygens (including phenoxy) is 1. The van der Waals surface area contributed by atoms with E-state index in [1.807, 2.05) is 0 Å². The smallest absolute Gasteiger partial charge is 0.305 e. The molecule has 0 radical (unpaired) electrons. The van der Waals surface area contributed by atoms with Crippen molar-refractivity contribution < 1.29 is 14.3 Å². The molecule has 5 heteroatoms. The number of nitrogens with zero attached hydrogens (tertiary/aromatic N) is 1. The highest BCUT2D eigenvalue weighted by Crippen LogP contribution is 1.96. The number of carbonyl (C=O) groups is 2. The van der Waals surface area contributed by atoms with Crippen LogP contribution in [0.1, 0.15) is 19.8 Å². The van der Waals surface area contributed by atoms with Gasteiger partial charge in [0.05, 0.1) is 13.2 Å². The minimum atomic E-state index is -0.488. The molecule has 0 aliphatic rings. The summed E-state index contributed by atoms with van der Waals surface area (Å²) in [5.41, 5.74) is 5.41. The molecule has 0 rings (SSSR count). The van der Waals surface area contributed by atoms with E-state index in [0.717, 1.165) is 0 Å². The van der Waals surface area contributed by atoms with Crippen LogP contribution in [0.5, 0.6) is 0 Å². The molecular weight excluding hydrogens is 184 g/mol. The summed E-state index contributed by atoms with van der Waals surface area (Å²) in [4.78, 5) is 23.5. The third-order valence-electron chi connectivity index (χ3n) is 1.87. The lowest BCUT2D eigenvalue weighted by Gasteiger charge is -2.18. The monoisotopic (exact) mass is 202 g/mol. The van der Waals surface area contributed by atoms with Crippen molar-refractivity contribution in [1.82, 2.24) is 4.90 Å². The van der Waals surface area contributed by atoms with Crippen LogP contribution < -0.4 is 5.73 Å². The molecular formula is C9H18N2O3. The van der Waals surface area contributed by atoms with Crippen LogP contribution in [0.25, 0.3) is 0 Å². The van der Waals surface area contributed by atoms with Crippen LogP contribution in [-0.2, 0) is 14.3 Å². The molecule has 0 aromatic carbocycles. The Kier molecular flexibility index (Phi) is 5.87. The molecule has 0 fully saturated rings. The molecule has 0 saturated heterocycles. The van der Waals surface area contributed by atoms with Crippen molar-refractivity contribution in [2.45, 2.75) is 25.8 Å². The third kappa shape index (κ3) is 4.81.